The van der Waals surface area contributed by atoms with Crippen molar-refractivity contribution >= 4 is 11.3 Å². The van der Waals surface area contributed by atoms with E-state index in [2.05, 4.69) is 15.3 Å². The van der Waals surface area contributed by atoms with Crippen LogP contribution in [0.1, 0.15) is 23.5 Å². The predicted molar refractivity (Wildman–Crippen MR) is 61.6 cm³/mol. The zero-order chi connectivity index (χ0) is 11.4. The maximum absolute atomic E-state index is 12.7. The van der Waals surface area contributed by atoms with E-state index in [0.717, 1.165) is 12.2 Å². The normalized spacial score (nSPS) is 12.6. The van der Waals surface area contributed by atoms with Crippen molar-refractivity contribution in [3.63, 3.8) is 0 Å². The van der Waals surface area contributed by atoms with Gasteiger partial charge in [0.2, 0.25) is 0 Å². The van der Waals surface area contributed by atoms with Gasteiger partial charge >= 0.3 is 0 Å². The molecule has 0 radical (unpaired) electrons. The minimum Gasteiger partial charge on any atom is -0.304 e. The largest absolute Gasteiger partial charge is 0.304 e. The lowest BCUT2D eigenvalue weighted by Gasteiger charge is -2.11. The summed E-state index contributed by atoms with van der Waals surface area (Å²) in [5, 5.41) is 3.31. The Morgan fingerprint density at radius 1 is 1.44 bits per heavy atom. The summed E-state index contributed by atoms with van der Waals surface area (Å²) in [4.78, 5) is 9.20. The number of aromatic nitrogens is 2. The van der Waals surface area contributed by atoms with Crippen molar-refractivity contribution in [2.24, 2.45) is 0 Å². The van der Waals surface area contributed by atoms with Crippen molar-refractivity contribution in [1.82, 2.24) is 15.3 Å². The molecule has 0 aliphatic carbocycles. The van der Waals surface area contributed by atoms with E-state index in [0.29, 0.717) is 0 Å². The number of thiazole rings is 1. The van der Waals surface area contributed by atoms with Crippen molar-refractivity contribution in [3.05, 3.63) is 46.4 Å². The molecule has 2 aromatic heterocycles. The summed E-state index contributed by atoms with van der Waals surface area (Å²) in [7, 11) is 0. The van der Waals surface area contributed by atoms with E-state index in [4.69, 9.17) is 0 Å². The zero-order valence-electron chi connectivity index (χ0n) is 8.85. The van der Waals surface area contributed by atoms with Gasteiger partial charge in [-0.3, -0.25) is 9.97 Å². The maximum atomic E-state index is 12.7. The SMILES string of the molecule is CC(NCc1cncs1)c1ccc(F)cn1. The first-order valence-electron chi connectivity index (χ1n) is 4.98. The molecule has 0 amide bonds. The Bertz CT molecular complexity index is 427. The van der Waals surface area contributed by atoms with Gasteiger partial charge in [0.15, 0.2) is 0 Å². The van der Waals surface area contributed by atoms with E-state index in [1.807, 2.05) is 13.1 Å². The van der Waals surface area contributed by atoms with Crippen LogP contribution in [0, 0.1) is 5.82 Å². The fourth-order valence-corrected chi connectivity index (χ4v) is 1.88. The van der Waals surface area contributed by atoms with E-state index in [9.17, 15) is 4.39 Å². The lowest BCUT2D eigenvalue weighted by molar-refractivity contribution is 0.557. The summed E-state index contributed by atoms with van der Waals surface area (Å²) < 4.78 is 12.7. The molecule has 1 unspecified atom stereocenters. The molecule has 1 atom stereocenters. The van der Waals surface area contributed by atoms with Crippen LogP contribution in [0.15, 0.2) is 30.0 Å². The lowest BCUT2D eigenvalue weighted by Crippen LogP contribution is -2.18. The van der Waals surface area contributed by atoms with Crippen LogP contribution in [0.2, 0.25) is 0 Å². The molecule has 2 heterocycles. The Hall–Kier alpha value is -1.33. The molecule has 0 saturated carbocycles. The van der Waals surface area contributed by atoms with Crippen LogP contribution < -0.4 is 5.32 Å². The number of nitrogens with one attached hydrogen (secondary N) is 1. The third-order valence-electron chi connectivity index (χ3n) is 2.26. The van der Waals surface area contributed by atoms with E-state index < -0.39 is 0 Å². The third kappa shape index (κ3) is 2.84. The summed E-state index contributed by atoms with van der Waals surface area (Å²) in [5.74, 6) is -0.307. The van der Waals surface area contributed by atoms with Crippen LogP contribution in [0.25, 0.3) is 0 Å². The van der Waals surface area contributed by atoms with Crippen molar-refractivity contribution in [2.75, 3.05) is 0 Å². The molecule has 1 N–H and O–H groups in total. The molecule has 16 heavy (non-hydrogen) atoms. The first-order valence-corrected chi connectivity index (χ1v) is 5.86. The van der Waals surface area contributed by atoms with Crippen LogP contribution >= 0.6 is 11.3 Å². The summed E-state index contributed by atoms with van der Waals surface area (Å²) in [5.41, 5.74) is 2.64. The summed E-state index contributed by atoms with van der Waals surface area (Å²) >= 11 is 1.61. The van der Waals surface area contributed by atoms with Gasteiger partial charge in [0.05, 0.1) is 17.4 Å². The highest BCUT2D eigenvalue weighted by atomic mass is 32.1. The summed E-state index contributed by atoms with van der Waals surface area (Å²) in [6.45, 7) is 2.76. The number of halogens is 1. The number of nitrogens with zero attached hydrogens (tertiary/aromatic N) is 2. The molecule has 0 aliphatic rings. The molecule has 3 nitrogen and oxygen atoms in total. The van der Waals surface area contributed by atoms with Gasteiger partial charge < -0.3 is 5.32 Å². The second kappa shape index (κ2) is 5.14. The molecular formula is C11H12FN3S. The average Bonchev–Trinajstić information content (AvgIpc) is 2.80. The van der Waals surface area contributed by atoms with Crippen LogP contribution in [0.5, 0.6) is 0 Å². The molecule has 84 valence electrons. The van der Waals surface area contributed by atoms with Crippen molar-refractivity contribution in [3.8, 4) is 0 Å². The van der Waals surface area contributed by atoms with Gasteiger partial charge in [-0.1, -0.05) is 0 Å². The van der Waals surface area contributed by atoms with Crippen LogP contribution in [0.4, 0.5) is 4.39 Å². The number of pyridine rings is 1. The average molecular weight is 237 g/mol. The van der Waals surface area contributed by atoms with E-state index >= 15 is 0 Å². The molecule has 0 saturated heterocycles. The van der Waals surface area contributed by atoms with Crippen LogP contribution in [-0.4, -0.2) is 9.97 Å². The number of hydrogen-bond donors (Lipinski definition) is 1. The topological polar surface area (TPSA) is 37.8 Å². The first kappa shape index (κ1) is 11.2. The number of rotatable bonds is 4. The van der Waals surface area contributed by atoms with E-state index in [1.54, 1.807) is 22.9 Å². The number of hydrogen-bond acceptors (Lipinski definition) is 4. The molecule has 5 heteroatoms. The van der Waals surface area contributed by atoms with Gasteiger partial charge in [0, 0.05) is 23.7 Å². The molecule has 0 aliphatic heterocycles. The monoisotopic (exact) mass is 237 g/mol. The molecule has 2 rings (SSSR count). The zero-order valence-corrected chi connectivity index (χ0v) is 9.67. The second-order valence-corrected chi connectivity index (χ2v) is 4.44. The highest BCUT2D eigenvalue weighted by Crippen LogP contribution is 2.12. The molecule has 0 bridgehead atoms. The molecule has 0 spiro atoms. The first-order chi connectivity index (χ1) is 7.75. The smallest absolute Gasteiger partial charge is 0.141 e. The Morgan fingerprint density at radius 2 is 2.31 bits per heavy atom. The van der Waals surface area contributed by atoms with Gasteiger partial charge in [-0.15, -0.1) is 11.3 Å². The van der Waals surface area contributed by atoms with Gasteiger partial charge in [-0.2, -0.15) is 0 Å². The van der Waals surface area contributed by atoms with Gasteiger partial charge in [-0.05, 0) is 19.1 Å². The molecule has 0 aromatic carbocycles. The summed E-state index contributed by atoms with van der Waals surface area (Å²) in [6.07, 6.45) is 3.07. The Balaban J connectivity index is 1.93. The molecule has 2 aromatic rings. The quantitative estimate of drug-likeness (QED) is 0.888. The maximum Gasteiger partial charge on any atom is 0.141 e. The van der Waals surface area contributed by atoms with Gasteiger partial charge in [0.1, 0.15) is 5.82 Å². The standard InChI is InChI=1S/C11H12FN3S/c1-8(11-3-2-9(12)4-15-11)14-6-10-5-13-7-16-10/h2-5,7-8,14H,6H2,1H3. The highest BCUT2D eigenvalue weighted by molar-refractivity contribution is 7.09. The minimum absolute atomic E-state index is 0.0997. The van der Waals surface area contributed by atoms with Crippen molar-refractivity contribution in [2.45, 2.75) is 19.5 Å². The fraction of sp³-hybridized carbons (Fsp3) is 0.273. The van der Waals surface area contributed by atoms with Gasteiger partial charge in [-0.25, -0.2) is 4.39 Å². The lowest BCUT2D eigenvalue weighted by atomic mass is 10.2. The van der Waals surface area contributed by atoms with E-state index in [1.165, 1.54) is 17.1 Å². The minimum atomic E-state index is -0.307. The molecular weight excluding hydrogens is 225 g/mol. The predicted octanol–water partition coefficient (Wildman–Crippen LogP) is 2.53. The second-order valence-electron chi connectivity index (χ2n) is 3.47. The van der Waals surface area contributed by atoms with E-state index in [-0.39, 0.29) is 11.9 Å². The van der Waals surface area contributed by atoms with Crippen molar-refractivity contribution in [1.29, 1.82) is 0 Å². The van der Waals surface area contributed by atoms with Gasteiger partial charge in [0.25, 0.3) is 0 Å². The van der Waals surface area contributed by atoms with Crippen molar-refractivity contribution < 1.29 is 4.39 Å². The van der Waals surface area contributed by atoms with Crippen LogP contribution in [0.3, 0.4) is 0 Å². The Kier molecular flexibility index (Phi) is 3.58. The fourth-order valence-electron chi connectivity index (χ4n) is 1.33. The Labute approximate surface area is 97.4 Å². The van der Waals surface area contributed by atoms with Crippen LogP contribution in [-0.2, 0) is 6.54 Å². The summed E-state index contributed by atoms with van der Waals surface area (Å²) in [6, 6.07) is 3.22. The highest BCUT2D eigenvalue weighted by Gasteiger charge is 2.06. The third-order valence-corrected chi connectivity index (χ3v) is 3.04. The Morgan fingerprint density at radius 3 is 2.94 bits per heavy atom. The molecule has 0 fully saturated rings.